The molecule has 3 nitrogen and oxygen atoms in total. The summed E-state index contributed by atoms with van der Waals surface area (Å²) in [5.41, 5.74) is 12.8. The zero-order valence-corrected chi connectivity index (χ0v) is 33.7. The third-order valence-corrected chi connectivity index (χ3v) is 12.2. The third-order valence-electron chi connectivity index (χ3n) is 12.2. The van der Waals surface area contributed by atoms with Gasteiger partial charge in [0.2, 0.25) is 5.89 Å². The molecule has 0 saturated heterocycles. The van der Waals surface area contributed by atoms with Gasteiger partial charge in [-0.15, -0.1) is 0 Å². The smallest absolute Gasteiger partial charge is 0.227 e. The van der Waals surface area contributed by atoms with Gasteiger partial charge in [0.1, 0.15) is 5.52 Å². The van der Waals surface area contributed by atoms with Gasteiger partial charge in [0.05, 0.1) is 0 Å². The predicted molar refractivity (Wildman–Crippen MR) is 260 cm³/mol. The zero-order chi connectivity index (χ0) is 41.0. The van der Waals surface area contributed by atoms with Crippen molar-refractivity contribution in [3.8, 4) is 44.8 Å². The minimum absolute atomic E-state index is 0.626. The van der Waals surface area contributed by atoms with Crippen molar-refractivity contribution in [2.45, 2.75) is 0 Å². The van der Waals surface area contributed by atoms with E-state index < -0.39 is 0 Å². The van der Waals surface area contributed by atoms with Gasteiger partial charge in [0.15, 0.2) is 5.58 Å². The van der Waals surface area contributed by atoms with Crippen molar-refractivity contribution in [2.75, 3.05) is 4.90 Å². The highest BCUT2D eigenvalue weighted by molar-refractivity contribution is 6.14. The molecule has 1 heterocycles. The number of nitrogens with zero attached hydrogens (tertiary/aromatic N) is 2. The average molecular weight is 791 g/mol. The Hall–Kier alpha value is -8.27. The highest BCUT2D eigenvalue weighted by atomic mass is 16.3. The van der Waals surface area contributed by atoms with Crippen LogP contribution in [0.1, 0.15) is 0 Å². The molecule has 0 N–H and O–H groups in total. The minimum atomic E-state index is 0.626. The van der Waals surface area contributed by atoms with Crippen LogP contribution in [0.4, 0.5) is 17.1 Å². The van der Waals surface area contributed by atoms with E-state index in [4.69, 9.17) is 9.40 Å². The molecule has 0 spiro atoms. The Labute approximate surface area is 359 Å². The Bertz CT molecular complexity index is 3630. The summed E-state index contributed by atoms with van der Waals surface area (Å²) >= 11 is 0. The number of rotatable bonds is 7. The quantitative estimate of drug-likeness (QED) is 0.151. The summed E-state index contributed by atoms with van der Waals surface area (Å²) in [6, 6.07) is 82.6. The van der Waals surface area contributed by atoms with E-state index >= 15 is 0 Å². The standard InChI is InChI=1S/C59H38N2O/c1-3-13-39(14-4-1)44-19-11-20-49(36-44)61(48-31-28-41(29-32-48)55-38-45-17-7-8-21-51(45)53-22-9-10-23-54(53)55)50-33-27-40-25-26-46(35-47(40)37-50)52-24-12-18-42-30-34-56-58(57(42)52)62-59(60-56)43-15-5-2-6-16-43/h1-38H. The number of anilines is 3. The van der Waals surface area contributed by atoms with Gasteiger partial charge in [-0.25, -0.2) is 4.98 Å². The van der Waals surface area contributed by atoms with Crippen molar-refractivity contribution in [3.05, 3.63) is 231 Å². The van der Waals surface area contributed by atoms with Crippen molar-refractivity contribution in [1.29, 1.82) is 0 Å². The number of benzene rings is 11. The number of fused-ring (bicyclic) bond motifs is 7. The van der Waals surface area contributed by atoms with E-state index in [2.05, 4.69) is 205 Å². The molecule has 0 unspecified atom stereocenters. The summed E-state index contributed by atoms with van der Waals surface area (Å²) in [6.45, 7) is 0. The molecule has 0 radical (unpaired) electrons. The Morgan fingerprint density at radius 3 is 1.79 bits per heavy atom. The molecule has 1 aromatic heterocycles. The topological polar surface area (TPSA) is 29.3 Å². The molecule has 62 heavy (non-hydrogen) atoms. The van der Waals surface area contributed by atoms with Gasteiger partial charge in [-0.05, 0) is 138 Å². The molecule has 0 atom stereocenters. The van der Waals surface area contributed by atoms with Gasteiger partial charge in [0, 0.05) is 28.0 Å². The van der Waals surface area contributed by atoms with Crippen LogP contribution in [0.5, 0.6) is 0 Å². The van der Waals surface area contributed by atoms with Gasteiger partial charge in [-0.3, -0.25) is 0 Å². The molecular weight excluding hydrogens is 753 g/mol. The third kappa shape index (κ3) is 6.18. The molecule has 3 heteroatoms. The van der Waals surface area contributed by atoms with E-state index in [1.54, 1.807) is 0 Å². The minimum Gasteiger partial charge on any atom is -0.435 e. The summed E-state index contributed by atoms with van der Waals surface area (Å²) in [4.78, 5) is 7.28. The van der Waals surface area contributed by atoms with Crippen molar-refractivity contribution in [2.24, 2.45) is 0 Å². The molecule has 12 aromatic rings. The maximum absolute atomic E-state index is 6.57. The molecular formula is C59H38N2O. The summed E-state index contributed by atoms with van der Waals surface area (Å²) in [7, 11) is 0. The van der Waals surface area contributed by atoms with Crippen LogP contribution in [-0.4, -0.2) is 4.98 Å². The number of oxazole rings is 1. The largest absolute Gasteiger partial charge is 0.435 e. The van der Waals surface area contributed by atoms with Crippen LogP contribution in [0.15, 0.2) is 235 Å². The maximum Gasteiger partial charge on any atom is 0.227 e. The van der Waals surface area contributed by atoms with Crippen molar-refractivity contribution in [3.63, 3.8) is 0 Å². The summed E-state index contributed by atoms with van der Waals surface area (Å²) < 4.78 is 6.57. The van der Waals surface area contributed by atoms with Crippen LogP contribution < -0.4 is 4.90 Å². The lowest BCUT2D eigenvalue weighted by Gasteiger charge is -2.27. The van der Waals surface area contributed by atoms with Gasteiger partial charge >= 0.3 is 0 Å². The fraction of sp³-hybridized carbons (Fsp3) is 0. The molecule has 0 aliphatic heterocycles. The molecule has 0 bridgehead atoms. The molecule has 0 aliphatic rings. The summed E-state index contributed by atoms with van der Waals surface area (Å²) in [5, 5.41) is 9.54. The van der Waals surface area contributed by atoms with Gasteiger partial charge in [0.25, 0.3) is 0 Å². The SMILES string of the molecule is c1ccc(-c2cccc(N(c3ccc(-c4cc5ccccc5c5ccccc45)cc3)c3ccc4ccc(-c5cccc6ccc7nc(-c8ccccc8)oc7c56)cc4c3)c2)cc1. The highest BCUT2D eigenvalue weighted by Crippen LogP contribution is 2.42. The van der Waals surface area contributed by atoms with Crippen LogP contribution >= 0.6 is 0 Å². The van der Waals surface area contributed by atoms with E-state index in [9.17, 15) is 0 Å². The molecule has 0 aliphatic carbocycles. The lowest BCUT2D eigenvalue weighted by atomic mass is 9.93. The Morgan fingerprint density at radius 1 is 0.323 bits per heavy atom. The fourth-order valence-corrected chi connectivity index (χ4v) is 9.23. The fourth-order valence-electron chi connectivity index (χ4n) is 9.23. The van der Waals surface area contributed by atoms with E-state index in [-0.39, 0.29) is 0 Å². The normalized spacial score (nSPS) is 11.5. The van der Waals surface area contributed by atoms with E-state index in [1.165, 1.54) is 49.2 Å². The summed E-state index contributed by atoms with van der Waals surface area (Å²) in [6.07, 6.45) is 0. The first-order valence-electron chi connectivity index (χ1n) is 21.1. The lowest BCUT2D eigenvalue weighted by Crippen LogP contribution is -2.10. The second-order valence-corrected chi connectivity index (χ2v) is 15.9. The van der Waals surface area contributed by atoms with Gasteiger partial charge in [-0.1, -0.05) is 164 Å². The number of hydrogen-bond acceptors (Lipinski definition) is 3. The highest BCUT2D eigenvalue weighted by Gasteiger charge is 2.18. The Morgan fingerprint density at radius 2 is 0.952 bits per heavy atom. The Kier molecular flexibility index (Phi) is 8.50. The van der Waals surface area contributed by atoms with Crippen LogP contribution in [0.25, 0.3) is 99.0 Å². The predicted octanol–water partition coefficient (Wildman–Crippen LogP) is 16.6. The van der Waals surface area contributed by atoms with Gasteiger partial charge in [-0.2, -0.15) is 0 Å². The first kappa shape index (κ1) is 35.7. The Balaban J connectivity index is 0.994. The number of aromatic nitrogens is 1. The molecule has 12 rings (SSSR count). The van der Waals surface area contributed by atoms with Crippen LogP contribution in [0.3, 0.4) is 0 Å². The van der Waals surface area contributed by atoms with Gasteiger partial charge < -0.3 is 9.32 Å². The first-order valence-corrected chi connectivity index (χ1v) is 21.1. The second-order valence-electron chi connectivity index (χ2n) is 15.9. The molecule has 0 amide bonds. The lowest BCUT2D eigenvalue weighted by molar-refractivity contribution is 0.623. The first-order chi connectivity index (χ1) is 30.7. The molecule has 0 fully saturated rings. The number of hydrogen-bond donors (Lipinski definition) is 0. The van der Waals surface area contributed by atoms with Crippen molar-refractivity contribution >= 4 is 71.3 Å². The van der Waals surface area contributed by atoms with Crippen molar-refractivity contribution < 1.29 is 4.42 Å². The molecule has 0 saturated carbocycles. The second kappa shape index (κ2) is 14.8. The van der Waals surface area contributed by atoms with E-state index in [0.717, 1.165) is 61.0 Å². The monoisotopic (exact) mass is 790 g/mol. The van der Waals surface area contributed by atoms with Crippen molar-refractivity contribution in [1.82, 2.24) is 4.98 Å². The maximum atomic E-state index is 6.57. The zero-order valence-electron chi connectivity index (χ0n) is 33.7. The van der Waals surface area contributed by atoms with Crippen LogP contribution in [-0.2, 0) is 0 Å². The average Bonchev–Trinajstić information content (AvgIpc) is 3.80. The molecule has 11 aromatic carbocycles. The molecule has 290 valence electrons. The van der Waals surface area contributed by atoms with Crippen LogP contribution in [0, 0.1) is 0 Å². The van der Waals surface area contributed by atoms with E-state index in [1.807, 2.05) is 30.3 Å². The summed E-state index contributed by atoms with van der Waals surface area (Å²) in [5.74, 6) is 0.626. The van der Waals surface area contributed by atoms with Crippen LogP contribution in [0.2, 0.25) is 0 Å². The van der Waals surface area contributed by atoms with E-state index in [0.29, 0.717) is 5.89 Å².